The zero-order chi connectivity index (χ0) is 18.3. The third kappa shape index (κ3) is 3.67. The summed E-state index contributed by atoms with van der Waals surface area (Å²) in [6.45, 7) is 0.556. The van der Waals surface area contributed by atoms with Gasteiger partial charge in [0, 0.05) is 9.77 Å². The molecule has 0 aliphatic heterocycles. The van der Waals surface area contributed by atoms with Crippen LogP contribution < -0.4 is 4.74 Å². The lowest BCUT2D eigenvalue weighted by molar-refractivity contribution is 0.292. The van der Waals surface area contributed by atoms with Gasteiger partial charge in [-0.05, 0) is 58.5 Å². The maximum absolute atomic E-state index is 12.9. The van der Waals surface area contributed by atoms with Crippen molar-refractivity contribution in [3.8, 4) is 5.88 Å². The molecule has 1 aromatic carbocycles. The summed E-state index contributed by atoms with van der Waals surface area (Å²) in [7, 11) is -3.66. The number of benzene rings is 1. The average molecular weight is 504 g/mol. The molecule has 3 aromatic rings. The largest absolute Gasteiger partial charge is 0.477 e. The molecule has 1 aliphatic rings. The van der Waals surface area contributed by atoms with Gasteiger partial charge in [-0.1, -0.05) is 30.3 Å². The number of hydrogen-bond donors (Lipinski definition) is 0. The van der Waals surface area contributed by atoms with Crippen LogP contribution in [0.15, 0.2) is 36.5 Å². The van der Waals surface area contributed by atoms with E-state index in [1.54, 1.807) is 18.3 Å². The molecule has 9 heteroatoms. The SMILES string of the molecule is O=S(=O)(Cc1ccccc1)n1cc(I)c2c(OCC3CC3)nc(Cl)nc21. The Morgan fingerprint density at radius 2 is 1.96 bits per heavy atom. The fourth-order valence-electron chi connectivity index (χ4n) is 2.65. The highest BCUT2D eigenvalue weighted by atomic mass is 127. The monoisotopic (exact) mass is 503 g/mol. The van der Waals surface area contributed by atoms with Gasteiger partial charge in [0.25, 0.3) is 0 Å². The summed E-state index contributed by atoms with van der Waals surface area (Å²) < 4.78 is 33.6. The molecule has 0 spiro atoms. The molecular weight excluding hydrogens is 489 g/mol. The van der Waals surface area contributed by atoms with Crippen LogP contribution in [0, 0.1) is 9.49 Å². The molecule has 26 heavy (non-hydrogen) atoms. The normalized spacial score (nSPS) is 14.7. The molecule has 1 aliphatic carbocycles. The highest BCUT2D eigenvalue weighted by molar-refractivity contribution is 14.1. The lowest BCUT2D eigenvalue weighted by atomic mass is 10.2. The number of aromatic nitrogens is 3. The van der Waals surface area contributed by atoms with Crippen molar-refractivity contribution in [2.24, 2.45) is 5.92 Å². The quantitative estimate of drug-likeness (QED) is 0.377. The van der Waals surface area contributed by atoms with Crippen molar-refractivity contribution in [1.29, 1.82) is 0 Å². The Hall–Kier alpha value is -1.39. The Kier molecular flexibility index (Phi) is 4.83. The summed E-state index contributed by atoms with van der Waals surface area (Å²) in [5.41, 5.74) is 0.950. The molecule has 0 unspecified atom stereocenters. The Bertz CT molecular complexity index is 1070. The minimum atomic E-state index is -3.66. The number of hydrogen-bond acceptors (Lipinski definition) is 5. The van der Waals surface area contributed by atoms with Gasteiger partial charge in [-0.3, -0.25) is 0 Å². The van der Waals surface area contributed by atoms with E-state index in [1.807, 2.05) is 18.2 Å². The summed E-state index contributed by atoms with van der Waals surface area (Å²) in [6, 6.07) is 9.03. The van der Waals surface area contributed by atoms with E-state index in [1.165, 1.54) is 3.97 Å². The minimum absolute atomic E-state index is 0.0334. The van der Waals surface area contributed by atoms with Gasteiger partial charge in [0.15, 0.2) is 5.65 Å². The molecular formula is C17H15ClIN3O3S. The Balaban J connectivity index is 1.77. The highest BCUT2D eigenvalue weighted by Gasteiger charge is 2.26. The van der Waals surface area contributed by atoms with Crippen molar-refractivity contribution in [1.82, 2.24) is 13.9 Å². The van der Waals surface area contributed by atoms with Crippen molar-refractivity contribution in [2.45, 2.75) is 18.6 Å². The topological polar surface area (TPSA) is 74.1 Å². The summed E-state index contributed by atoms with van der Waals surface area (Å²) in [5.74, 6) is 0.749. The van der Waals surface area contributed by atoms with E-state index in [9.17, 15) is 8.42 Å². The van der Waals surface area contributed by atoms with E-state index in [0.29, 0.717) is 32.9 Å². The molecule has 136 valence electrons. The van der Waals surface area contributed by atoms with Crippen LogP contribution >= 0.6 is 34.2 Å². The third-order valence-electron chi connectivity index (χ3n) is 4.15. The second kappa shape index (κ2) is 6.97. The van der Waals surface area contributed by atoms with E-state index in [0.717, 1.165) is 12.8 Å². The Labute approximate surface area is 169 Å². The third-order valence-corrected chi connectivity index (χ3v) is 6.71. The van der Waals surface area contributed by atoms with Crippen molar-refractivity contribution in [3.05, 3.63) is 50.9 Å². The molecule has 2 aromatic heterocycles. The molecule has 2 heterocycles. The standard InChI is InChI=1S/C17H15ClIN3O3S/c18-17-20-15-14(16(21-17)25-9-11-6-7-11)13(19)8-22(15)26(23,24)10-12-4-2-1-3-5-12/h1-5,8,11H,6-7,9-10H2. The van der Waals surface area contributed by atoms with Gasteiger partial charge in [-0.15, -0.1) is 0 Å². The van der Waals surface area contributed by atoms with Gasteiger partial charge in [0.05, 0.1) is 17.7 Å². The van der Waals surface area contributed by atoms with Crippen LogP contribution in [0.1, 0.15) is 18.4 Å². The van der Waals surface area contributed by atoms with Crippen molar-refractivity contribution < 1.29 is 13.2 Å². The number of rotatable bonds is 6. The molecule has 0 bridgehead atoms. The van der Waals surface area contributed by atoms with Gasteiger partial charge in [-0.2, -0.15) is 9.97 Å². The molecule has 0 saturated heterocycles. The van der Waals surface area contributed by atoms with Crippen LogP contribution in [0.4, 0.5) is 0 Å². The van der Waals surface area contributed by atoms with Gasteiger partial charge < -0.3 is 4.74 Å². The van der Waals surface area contributed by atoms with Gasteiger partial charge in [0.1, 0.15) is 0 Å². The summed E-state index contributed by atoms with van der Waals surface area (Å²) in [4.78, 5) is 8.32. The number of halogens is 2. The van der Waals surface area contributed by atoms with Crippen LogP contribution in [0.3, 0.4) is 0 Å². The second-order valence-electron chi connectivity index (χ2n) is 6.27. The smallest absolute Gasteiger partial charge is 0.244 e. The maximum atomic E-state index is 12.9. The summed E-state index contributed by atoms with van der Waals surface area (Å²) >= 11 is 8.11. The zero-order valence-electron chi connectivity index (χ0n) is 13.6. The van der Waals surface area contributed by atoms with Crippen molar-refractivity contribution in [3.63, 3.8) is 0 Å². The molecule has 4 rings (SSSR count). The molecule has 0 radical (unpaired) electrons. The first-order valence-electron chi connectivity index (χ1n) is 8.08. The minimum Gasteiger partial charge on any atom is -0.477 e. The number of fused-ring (bicyclic) bond motifs is 1. The van der Waals surface area contributed by atoms with Crippen LogP contribution in [0.5, 0.6) is 5.88 Å². The van der Waals surface area contributed by atoms with Crippen LogP contribution in [-0.2, 0) is 15.8 Å². The van der Waals surface area contributed by atoms with E-state index in [-0.39, 0.29) is 16.7 Å². The number of ether oxygens (including phenoxy) is 1. The lowest BCUT2D eigenvalue weighted by Crippen LogP contribution is -2.15. The van der Waals surface area contributed by atoms with E-state index >= 15 is 0 Å². The van der Waals surface area contributed by atoms with Crippen LogP contribution in [-0.4, -0.2) is 29.0 Å². The van der Waals surface area contributed by atoms with Crippen LogP contribution in [0.2, 0.25) is 5.28 Å². The first-order chi connectivity index (χ1) is 12.4. The maximum Gasteiger partial charge on any atom is 0.244 e. The average Bonchev–Trinajstić information content (AvgIpc) is 3.36. The summed E-state index contributed by atoms with van der Waals surface area (Å²) in [6.07, 6.45) is 3.83. The molecule has 0 atom stereocenters. The molecule has 0 N–H and O–H groups in total. The van der Waals surface area contributed by atoms with Crippen LogP contribution in [0.25, 0.3) is 11.0 Å². The van der Waals surface area contributed by atoms with E-state index < -0.39 is 10.0 Å². The molecule has 1 saturated carbocycles. The van der Waals surface area contributed by atoms with Gasteiger partial charge >= 0.3 is 0 Å². The number of nitrogens with zero attached hydrogens (tertiary/aromatic N) is 3. The first kappa shape index (κ1) is 18.0. The first-order valence-corrected chi connectivity index (χ1v) is 11.1. The van der Waals surface area contributed by atoms with E-state index in [4.69, 9.17) is 16.3 Å². The fourth-order valence-corrected chi connectivity index (χ4v) is 5.16. The summed E-state index contributed by atoms with van der Waals surface area (Å²) in [5, 5.41) is 0.543. The highest BCUT2D eigenvalue weighted by Crippen LogP contribution is 2.34. The fraction of sp³-hybridized carbons (Fsp3) is 0.294. The molecule has 0 amide bonds. The predicted molar refractivity (Wildman–Crippen MR) is 108 cm³/mol. The van der Waals surface area contributed by atoms with E-state index in [2.05, 4.69) is 32.6 Å². The molecule has 1 fully saturated rings. The predicted octanol–water partition coefficient (Wildman–Crippen LogP) is 3.86. The zero-order valence-corrected chi connectivity index (χ0v) is 17.3. The second-order valence-corrected chi connectivity index (χ2v) is 9.61. The van der Waals surface area contributed by atoms with Gasteiger partial charge in [-0.25, -0.2) is 12.4 Å². The molecule has 6 nitrogen and oxygen atoms in total. The Morgan fingerprint density at radius 1 is 1.23 bits per heavy atom. The van der Waals surface area contributed by atoms with Crippen molar-refractivity contribution in [2.75, 3.05) is 6.61 Å². The van der Waals surface area contributed by atoms with Gasteiger partial charge in [0.2, 0.25) is 21.2 Å². The Morgan fingerprint density at radius 3 is 2.65 bits per heavy atom. The van der Waals surface area contributed by atoms with Crippen molar-refractivity contribution >= 4 is 55.2 Å². The lowest BCUT2D eigenvalue weighted by Gasteiger charge is -2.09.